The Bertz CT molecular complexity index is 1060. The van der Waals surface area contributed by atoms with Gasteiger partial charge >= 0.3 is 0 Å². The number of benzene rings is 2. The second-order valence-corrected chi connectivity index (χ2v) is 8.77. The summed E-state index contributed by atoms with van der Waals surface area (Å²) >= 11 is 0. The SMILES string of the molecule is COCCCN1C(=O)C(=O)/C(=C(\O)c2cccc(OC(C)C)c2)C1c1cccc(OC(C)C)c1. The Morgan fingerprint density at radius 1 is 0.971 bits per heavy atom. The zero-order chi connectivity index (χ0) is 24.8. The molecule has 0 saturated carbocycles. The van der Waals surface area contributed by atoms with Crippen molar-refractivity contribution >= 4 is 17.4 Å². The van der Waals surface area contributed by atoms with E-state index in [0.29, 0.717) is 42.2 Å². The Morgan fingerprint density at radius 3 is 2.21 bits per heavy atom. The highest BCUT2D eigenvalue weighted by molar-refractivity contribution is 6.46. The summed E-state index contributed by atoms with van der Waals surface area (Å²) in [6.07, 6.45) is 0.472. The summed E-state index contributed by atoms with van der Waals surface area (Å²) in [7, 11) is 1.59. The zero-order valence-electron chi connectivity index (χ0n) is 20.4. The van der Waals surface area contributed by atoms with Crippen molar-refractivity contribution in [2.24, 2.45) is 0 Å². The maximum absolute atomic E-state index is 13.2. The maximum Gasteiger partial charge on any atom is 0.295 e. The van der Waals surface area contributed by atoms with Crippen LogP contribution >= 0.6 is 0 Å². The molecule has 1 N–H and O–H groups in total. The van der Waals surface area contributed by atoms with Crippen molar-refractivity contribution in [3.05, 3.63) is 65.2 Å². The van der Waals surface area contributed by atoms with Crippen LogP contribution in [0.4, 0.5) is 0 Å². The Balaban J connectivity index is 2.11. The predicted molar refractivity (Wildman–Crippen MR) is 130 cm³/mol. The van der Waals surface area contributed by atoms with Crippen LogP contribution in [-0.2, 0) is 14.3 Å². The van der Waals surface area contributed by atoms with Crippen molar-refractivity contribution in [3.8, 4) is 11.5 Å². The molecule has 182 valence electrons. The van der Waals surface area contributed by atoms with E-state index in [1.54, 1.807) is 31.4 Å². The molecule has 1 aliphatic heterocycles. The molecule has 7 heteroatoms. The molecule has 2 aromatic carbocycles. The van der Waals surface area contributed by atoms with Gasteiger partial charge in [0, 0.05) is 25.8 Å². The molecule has 2 aromatic rings. The van der Waals surface area contributed by atoms with Gasteiger partial charge in [-0.05, 0) is 63.9 Å². The normalized spacial score (nSPS) is 17.6. The first-order chi connectivity index (χ1) is 16.2. The summed E-state index contributed by atoms with van der Waals surface area (Å²) in [5.74, 6) is -0.403. The van der Waals surface area contributed by atoms with E-state index in [1.807, 2.05) is 52.0 Å². The molecule has 0 aromatic heterocycles. The van der Waals surface area contributed by atoms with Crippen LogP contribution in [0.5, 0.6) is 11.5 Å². The van der Waals surface area contributed by atoms with E-state index in [-0.39, 0.29) is 23.5 Å². The lowest BCUT2D eigenvalue weighted by molar-refractivity contribution is -0.140. The monoisotopic (exact) mass is 467 g/mol. The van der Waals surface area contributed by atoms with Gasteiger partial charge in [0.2, 0.25) is 0 Å². The summed E-state index contributed by atoms with van der Waals surface area (Å²) in [4.78, 5) is 27.7. The van der Waals surface area contributed by atoms with Gasteiger partial charge in [-0.2, -0.15) is 0 Å². The Hall–Kier alpha value is -3.32. The highest BCUT2D eigenvalue weighted by atomic mass is 16.5. The Kier molecular flexibility index (Phi) is 8.34. The van der Waals surface area contributed by atoms with Crippen LogP contribution in [-0.4, -0.2) is 54.2 Å². The summed E-state index contributed by atoms with van der Waals surface area (Å²) in [6, 6.07) is 13.4. The third-order valence-electron chi connectivity index (χ3n) is 5.31. The summed E-state index contributed by atoms with van der Waals surface area (Å²) in [6.45, 7) is 8.42. The molecule has 1 atom stereocenters. The van der Waals surface area contributed by atoms with Gasteiger partial charge in [0.05, 0.1) is 23.8 Å². The molecule has 0 bridgehead atoms. The van der Waals surface area contributed by atoms with E-state index in [1.165, 1.54) is 4.90 Å². The first kappa shape index (κ1) is 25.3. The number of rotatable bonds is 10. The molecule has 1 fully saturated rings. The molecule has 3 rings (SSSR count). The fourth-order valence-electron chi connectivity index (χ4n) is 4.01. The van der Waals surface area contributed by atoms with Crippen molar-refractivity contribution in [1.82, 2.24) is 4.90 Å². The van der Waals surface area contributed by atoms with E-state index in [2.05, 4.69) is 0 Å². The van der Waals surface area contributed by atoms with Gasteiger partial charge < -0.3 is 24.2 Å². The topological polar surface area (TPSA) is 85.3 Å². The van der Waals surface area contributed by atoms with E-state index in [4.69, 9.17) is 14.2 Å². The molecule has 0 aliphatic carbocycles. The minimum Gasteiger partial charge on any atom is -0.507 e. The van der Waals surface area contributed by atoms with Gasteiger partial charge in [0.15, 0.2) is 0 Å². The van der Waals surface area contributed by atoms with Gasteiger partial charge in [-0.15, -0.1) is 0 Å². The summed E-state index contributed by atoms with van der Waals surface area (Å²) in [5, 5.41) is 11.3. The van der Waals surface area contributed by atoms with Crippen LogP contribution in [0.1, 0.15) is 51.3 Å². The molecular weight excluding hydrogens is 434 g/mol. The number of carbonyl (C=O) groups excluding carboxylic acids is 2. The number of Topliss-reactive ketones (excluding diaryl/α,β-unsaturated/α-hetero) is 1. The van der Waals surface area contributed by atoms with Crippen LogP contribution in [0.15, 0.2) is 54.1 Å². The lowest BCUT2D eigenvalue weighted by Gasteiger charge is -2.26. The van der Waals surface area contributed by atoms with Crippen LogP contribution < -0.4 is 9.47 Å². The van der Waals surface area contributed by atoms with Gasteiger partial charge in [-0.3, -0.25) is 9.59 Å². The zero-order valence-corrected chi connectivity index (χ0v) is 20.4. The second-order valence-electron chi connectivity index (χ2n) is 8.77. The molecule has 1 heterocycles. The molecule has 0 radical (unpaired) electrons. The van der Waals surface area contributed by atoms with E-state index in [0.717, 1.165) is 0 Å². The van der Waals surface area contributed by atoms with Gasteiger partial charge in [-0.1, -0.05) is 24.3 Å². The largest absolute Gasteiger partial charge is 0.507 e. The Morgan fingerprint density at radius 2 is 1.59 bits per heavy atom. The summed E-state index contributed by atoms with van der Waals surface area (Å²) in [5.41, 5.74) is 1.14. The number of ether oxygens (including phenoxy) is 3. The van der Waals surface area contributed by atoms with Gasteiger partial charge in [0.25, 0.3) is 11.7 Å². The van der Waals surface area contributed by atoms with Gasteiger partial charge in [-0.25, -0.2) is 0 Å². The average molecular weight is 468 g/mol. The van der Waals surface area contributed by atoms with E-state index in [9.17, 15) is 14.7 Å². The first-order valence-corrected chi connectivity index (χ1v) is 11.5. The van der Waals surface area contributed by atoms with Gasteiger partial charge in [0.1, 0.15) is 17.3 Å². The van der Waals surface area contributed by atoms with Crippen molar-refractivity contribution < 1.29 is 28.9 Å². The molecule has 7 nitrogen and oxygen atoms in total. The highest BCUT2D eigenvalue weighted by Gasteiger charge is 2.45. The molecule has 1 aliphatic rings. The van der Waals surface area contributed by atoms with Crippen LogP contribution in [0.25, 0.3) is 5.76 Å². The molecule has 1 saturated heterocycles. The van der Waals surface area contributed by atoms with Crippen molar-refractivity contribution in [2.75, 3.05) is 20.3 Å². The number of ketones is 1. The lowest BCUT2D eigenvalue weighted by Crippen LogP contribution is -2.31. The number of aliphatic hydroxyl groups excluding tert-OH is 1. The van der Waals surface area contributed by atoms with E-state index < -0.39 is 17.7 Å². The highest BCUT2D eigenvalue weighted by Crippen LogP contribution is 2.40. The molecule has 34 heavy (non-hydrogen) atoms. The first-order valence-electron chi connectivity index (χ1n) is 11.5. The molecular formula is C27H33NO6. The quantitative estimate of drug-likeness (QED) is 0.236. The fraction of sp³-hybridized carbons (Fsp3) is 0.407. The lowest BCUT2D eigenvalue weighted by atomic mass is 9.95. The maximum atomic E-state index is 13.2. The van der Waals surface area contributed by atoms with Crippen LogP contribution in [0, 0.1) is 0 Å². The third-order valence-corrected chi connectivity index (χ3v) is 5.31. The fourth-order valence-corrected chi connectivity index (χ4v) is 4.01. The number of carbonyl (C=O) groups is 2. The van der Waals surface area contributed by atoms with Crippen LogP contribution in [0.3, 0.4) is 0 Å². The summed E-state index contributed by atoms with van der Waals surface area (Å²) < 4.78 is 16.7. The molecule has 1 amide bonds. The number of likely N-dealkylation sites (tertiary alicyclic amines) is 1. The van der Waals surface area contributed by atoms with E-state index >= 15 is 0 Å². The van der Waals surface area contributed by atoms with Crippen molar-refractivity contribution in [1.29, 1.82) is 0 Å². The van der Waals surface area contributed by atoms with Crippen LogP contribution in [0.2, 0.25) is 0 Å². The number of amides is 1. The second kappa shape index (κ2) is 11.2. The molecule has 1 unspecified atom stereocenters. The van der Waals surface area contributed by atoms with Crippen molar-refractivity contribution in [3.63, 3.8) is 0 Å². The number of hydrogen-bond donors (Lipinski definition) is 1. The number of methoxy groups -OCH3 is 1. The Labute approximate surface area is 200 Å². The average Bonchev–Trinajstić information content (AvgIpc) is 3.03. The standard InChI is InChI=1S/C27H33NO6/c1-17(2)33-21-11-6-9-19(15-21)24-23(26(30)27(31)28(24)13-8-14-32-5)25(29)20-10-7-12-22(16-20)34-18(3)4/h6-7,9-12,15-18,24,29H,8,13-14H2,1-5H3/b25-23-. The molecule has 0 spiro atoms. The van der Waals surface area contributed by atoms with Crippen molar-refractivity contribution in [2.45, 2.75) is 52.4 Å². The third kappa shape index (κ3) is 5.78. The smallest absolute Gasteiger partial charge is 0.295 e. The number of hydrogen-bond acceptors (Lipinski definition) is 6. The number of aliphatic hydroxyl groups is 1. The number of nitrogens with zero attached hydrogens (tertiary/aromatic N) is 1. The predicted octanol–water partition coefficient (Wildman–Crippen LogP) is 4.72. The minimum atomic E-state index is -0.748. The minimum absolute atomic E-state index is 0.0352.